The van der Waals surface area contributed by atoms with E-state index in [9.17, 15) is 15.4 Å². The summed E-state index contributed by atoms with van der Waals surface area (Å²) in [6, 6.07) is 13.5. The van der Waals surface area contributed by atoms with Gasteiger partial charge in [0, 0.05) is 41.5 Å². The summed E-state index contributed by atoms with van der Waals surface area (Å²) < 4.78 is 7.51. The van der Waals surface area contributed by atoms with Gasteiger partial charge >= 0.3 is 5.69 Å². The monoisotopic (exact) mass is 371 g/mol. The van der Waals surface area contributed by atoms with Crippen molar-refractivity contribution < 1.29 is 9.66 Å². The molecule has 0 spiro atoms. The molecule has 136 valence electrons. The second-order valence-corrected chi connectivity index (χ2v) is 6.02. The normalized spacial score (nSPS) is 10.6. The molecule has 0 amide bonds. The molecule has 0 fully saturated rings. The SMILES string of the molecule is Cc1nc(Oc2ccccc2[N+](=O)[O-])c(C#N)cc1-c1ccc2nccn2c1. The fourth-order valence-electron chi connectivity index (χ4n) is 2.91. The molecule has 0 aliphatic heterocycles. The Hall–Kier alpha value is -4.25. The van der Waals surface area contributed by atoms with Gasteiger partial charge in [0.2, 0.25) is 11.6 Å². The van der Waals surface area contributed by atoms with E-state index in [4.69, 9.17) is 4.74 Å². The molecule has 0 radical (unpaired) electrons. The molecule has 28 heavy (non-hydrogen) atoms. The minimum atomic E-state index is -0.539. The first-order chi connectivity index (χ1) is 13.6. The maximum Gasteiger partial charge on any atom is 0.311 e. The highest BCUT2D eigenvalue weighted by Crippen LogP contribution is 2.34. The fraction of sp³-hybridized carbons (Fsp3) is 0.0500. The predicted molar refractivity (Wildman–Crippen MR) is 101 cm³/mol. The van der Waals surface area contributed by atoms with Crippen molar-refractivity contribution in [1.29, 1.82) is 5.26 Å². The van der Waals surface area contributed by atoms with Crippen molar-refractivity contribution in [2.75, 3.05) is 0 Å². The zero-order valence-corrected chi connectivity index (χ0v) is 14.7. The van der Waals surface area contributed by atoms with E-state index in [0.29, 0.717) is 5.69 Å². The number of fused-ring (bicyclic) bond motifs is 1. The highest BCUT2D eigenvalue weighted by Gasteiger charge is 2.18. The molecule has 4 rings (SSSR count). The molecule has 0 atom stereocenters. The second kappa shape index (κ2) is 6.81. The summed E-state index contributed by atoms with van der Waals surface area (Å²) in [6.07, 6.45) is 5.43. The number of ether oxygens (including phenoxy) is 1. The molecule has 4 aromatic rings. The molecule has 1 aromatic carbocycles. The van der Waals surface area contributed by atoms with Gasteiger partial charge in [0.25, 0.3) is 0 Å². The van der Waals surface area contributed by atoms with Gasteiger partial charge in [0.15, 0.2) is 0 Å². The number of benzene rings is 1. The van der Waals surface area contributed by atoms with Crippen molar-refractivity contribution in [2.45, 2.75) is 6.92 Å². The number of nitro benzene ring substituents is 1. The Balaban J connectivity index is 1.78. The van der Waals surface area contributed by atoms with Crippen LogP contribution < -0.4 is 4.74 Å². The topological polar surface area (TPSA) is 106 Å². The van der Waals surface area contributed by atoms with E-state index in [0.717, 1.165) is 16.8 Å². The summed E-state index contributed by atoms with van der Waals surface area (Å²) in [5, 5.41) is 20.7. The molecular weight excluding hydrogens is 358 g/mol. The molecule has 0 saturated carbocycles. The summed E-state index contributed by atoms with van der Waals surface area (Å²) in [4.78, 5) is 19.3. The third-order valence-electron chi connectivity index (χ3n) is 4.27. The smallest absolute Gasteiger partial charge is 0.311 e. The maximum atomic E-state index is 11.2. The highest BCUT2D eigenvalue weighted by molar-refractivity contribution is 5.69. The van der Waals surface area contributed by atoms with Crippen molar-refractivity contribution in [3.05, 3.63) is 82.4 Å². The Morgan fingerprint density at radius 1 is 1.25 bits per heavy atom. The van der Waals surface area contributed by atoms with Crippen LogP contribution in [0.5, 0.6) is 11.6 Å². The van der Waals surface area contributed by atoms with E-state index in [1.54, 1.807) is 31.3 Å². The summed E-state index contributed by atoms with van der Waals surface area (Å²) in [7, 11) is 0. The number of hydrogen-bond acceptors (Lipinski definition) is 6. The van der Waals surface area contributed by atoms with Crippen LogP contribution in [0.25, 0.3) is 16.8 Å². The largest absolute Gasteiger partial charge is 0.430 e. The Morgan fingerprint density at radius 3 is 2.86 bits per heavy atom. The van der Waals surface area contributed by atoms with Gasteiger partial charge in [0.1, 0.15) is 17.3 Å². The van der Waals surface area contributed by atoms with Gasteiger partial charge in [-0.1, -0.05) is 12.1 Å². The minimum absolute atomic E-state index is 0.0294. The van der Waals surface area contributed by atoms with Gasteiger partial charge in [-0.05, 0) is 31.2 Å². The second-order valence-electron chi connectivity index (χ2n) is 6.02. The number of imidazole rings is 1. The lowest BCUT2D eigenvalue weighted by atomic mass is 10.0. The average molecular weight is 371 g/mol. The van der Waals surface area contributed by atoms with E-state index in [1.165, 1.54) is 12.1 Å². The molecule has 0 bridgehead atoms. The van der Waals surface area contributed by atoms with Gasteiger partial charge in [-0.2, -0.15) is 5.26 Å². The number of rotatable bonds is 4. The van der Waals surface area contributed by atoms with Crippen LogP contribution in [0.2, 0.25) is 0 Å². The third kappa shape index (κ3) is 3.01. The van der Waals surface area contributed by atoms with Crippen LogP contribution in [0.15, 0.2) is 61.1 Å². The molecule has 0 aliphatic carbocycles. The van der Waals surface area contributed by atoms with Crippen molar-refractivity contribution in [3.63, 3.8) is 0 Å². The number of nitriles is 1. The van der Waals surface area contributed by atoms with Gasteiger partial charge < -0.3 is 9.14 Å². The van der Waals surface area contributed by atoms with Crippen molar-refractivity contribution in [1.82, 2.24) is 14.4 Å². The maximum absolute atomic E-state index is 11.2. The molecule has 0 N–H and O–H groups in total. The van der Waals surface area contributed by atoms with Crippen molar-refractivity contribution >= 4 is 11.3 Å². The average Bonchev–Trinajstić information content (AvgIpc) is 3.16. The summed E-state index contributed by atoms with van der Waals surface area (Å²) in [5.41, 5.74) is 3.06. The van der Waals surface area contributed by atoms with E-state index in [2.05, 4.69) is 16.0 Å². The van der Waals surface area contributed by atoms with Gasteiger partial charge in [-0.3, -0.25) is 10.1 Å². The lowest BCUT2D eigenvalue weighted by molar-refractivity contribution is -0.385. The van der Waals surface area contributed by atoms with E-state index in [-0.39, 0.29) is 22.9 Å². The van der Waals surface area contributed by atoms with Crippen LogP contribution >= 0.6 is 0 Å². The van der Waals surface area contributed by atoms with Crippen LogP contribution in [-0.2, 0) is 0 Å². The molecule has 0 saturated heterocycles. The van der Waals surface area contributed by atoms with Gasteiger partial charge in [0.05, 0.1) is 4.92 Å². The quantitative estimate of drug-likeness (QED) is 0.391. The van der Waals surface area contributed by atoms with Gasteiger partial charge in [-0.15, -0.1) is 0 Å². The Kier molecular flexibility index (Phi) is 4.18. The minimum Gasteiger partial charge on any atom is -0.430 e. The standard InChI is InChI=1S/C20H13N5O3/c1-13-16(14-6-7-19-22-8-9-24(19)12-14)10-15(11-21)20(23-13)28-18-5-3-2-4-17(18)25(26)27/h2-10,12H,1H3. The lowest BCUT2D eigenvalue weighted by Gasteiger charge is -2.11. The Labute approximate surface area is 159 Å². The first-order valence-corrected chi connectivity index (χ1v) is 8.33. The molecule has 3 heterocycles. The van der Waals surface area contributed by atoms with Crippen LogP contribution in [0.3, 0.4) is 0 Å². The van der Waals surface area contributed by atoms with Crippen LogP contribution in [0.1, 0.15) is 11.3 Å². The van der Waals surface area contributed by atoms with Crippen LogP contribution in [0, 0.1) is 28.4 Å². The number of aromatic nitrogens is 3. The summed E-state index contributed by atoms with van der Waals surface area (Å²) in [6.45, 7) is 1.79. The molecule has 0 aliphatic rings. The number of para-hydroxylation sites is 2. The number of hydrogen-bond donors (Lipinski definition) is 0. The van der Waals surface area contributed by atoms with E-state index in [1.807, 2.05) is 28.9 Å². The van der Waals surface area contributed by atoms with Crippen LogP contribution in [-0.4, -0.2) is 19.3 Å². The summed E-state index contributed by atoms with van der Waals surface area (Å²) >= 11 is 0. The number of nitrogens with zero attached hydrogens (tertiary/aromatic N) is 5. The first-order valence-electron chi connectivity index (χ1n) is 8.33. The molecule has 8 nitrogen and oxygen atoms in total. The molecule has 0 unspecified atom stereocenters. The molecular formula is C20H13N5O3. The Bertz CT molecular complexity index is 1260. The van der Waals surface area contributed by atoms with Crippen molar-refractivity contribution in [3.8, 4) is 28.8 Å². The van der Waals surface area contributed by atoms with E-state index < -0.39 is 4.92 Å². The predicted octanol–water partition coefficient (Wildman–Crippen LogP) is 4.28. The fourth-order valence-corrected chi connectivity index (χ4v) is 2.91. The number of aryl methyl sites for hydroxylation is 1. The molecule has 3 aromatic heterocycles. The van der Waals surface area contributed by atoms with E-state index >= 15 is 0 Å². The zero-order valence-electron chi connectivity index (χ0n) is 14.7. The first kappa shape index (κ1) is 17.2. The highest BCUT2D eigenvalue weighted by atomic mass is 16.6. The zero-order chi connectivity index (χ0) is 19.7. The Morgan fingerprint density at radius 2 is 2.07 bits per heavy atom. The molecule has 8 heteroatoms. The van der Waals surface area contributed by atoms with Crippen molar-refractivity contribution in [2.24, 2.45) is 0 Å². The van der Waals surface area contributed by atoms with Crippen LogP contribution in [0.4, 0.5) is 5.69 Å². The number of nitro groups is 1. The lowest BCUT2D eigenvalue weighted by Crippen LogP contribution is -1.99. The summed E-state index contributed by atoms with van der Waals surface area (Å²) in [5.74, 6) is 0.0604. The number of pyridine rings is 2. The van der Waals surface area contributed by atoms with Gasteiger partial charge in [-0.25, -0.2) is 9.97 Å². The third-order valence-corrected chi connectivity index (χ3v) is 4.27.